The van der Waals surface area contributed by atoms with Crippen molar-refractivity contribution in [3.63, 3.8) is 0 Å². The Kier molecular flexibility index (Phi) is 5.32. The van der Waals surface area contributed by atoms with Crippen LogP contribution in [0, 0.1) is 5.92 Å². The first-order valence-electron chi connectivity index (χ1n) is 5.62. The van der Waals surface area contributed by atoms with Gasteiger partial charge in [0, 0.05) is 6.42 Å². The number of rotatable bonds is 6. The Morgan fingerprint density at radius 2 is 2.00 bits per heavy atom. The number of aliphatic hydroxyl groups excluding tert-OH is 1. The molecule has 0 aliphatic rings. The third-order valence-electron chi connectivity index (χ3n) is 2.72. The molecule has 0 saturated heterocycles. The molecule has 2 unspecified atom stereocenters. The van der Waals surface area contributed by atoms with E-state index in [0.717, 1.165) is 7.11 Å². The highest BCUT2D eigenvalue weighted by molar-refractivity contribution is 5.93. The lowest BCUT2D eigenvalue weighted by Gasteiger charge is -2.16. The van der Waals surface area contributed by atoms with Crippen LogP contribution in [-0.4, -0.2) is 36.4 Å². The van der Waals surface area contributed by atoms with Gasteiger partial charge in [0.2, 0.25) is 0 Å². The summed E-state index contributed by atoms with van der Waals surface area (Å²) in [7, 11) is 2.59. The van der Waals surface area contributed by atoms with Crippen LogP contribution in [-0.2, 0) is 14.3 Å². The number of hydrogen-bond acceptors (Lipinski definition) is 5. The molecule has 0 radical (unpaired) electrons. The molecule has 0 aliphatic carbocycles. The zero-order chi connectivity index (χ0) is 14.4. The van der Waals surface area contributed by atoms with Crippen LogP contribution in [0.15, 0.2) is 24.3 Å². The molecule has 0 fully saturated rings. The van der Waals surface area contributed by atoms with Gasteiger partial charge in [-0.05, 0) is 17.7 Å². The van der Waals surface area contributed by atoms with Crippen molar-refractivity contribution in [1.82, 2.24) is 0 Å². The van der Waals surface area contributed by atoms with E-state index in [1.54, 1.807) is 24.3 Å². The molecule has 1 rings (SSSR count). The Morgan fingerprint density at radius 1 is 1.32 bits per heavy atom. The first-order valence-corrected chi connectivity index (χ1v) is 5.62. The zero-order valence-corrected chi connectivity index (χ0v) is 10.7. The van der Waals surface area contributed by atoms with E-state index in [4.69, 9.17) is 9.84 Å². The number of ether oxygens (including phenoxy) is 2. The van der Waals surface area contributed by atoms with E-state index in [2.05, 4.69) is 4.74 Å². The van der Waals surface area contributed by atoms with Crippen LogP contribution in [0.4, 0.5) is 0 Å². The van der Waals surface area contributed by atoms with Gasteiger partial charge in [-0.3, -0.25) is 9.59 Å². The van der Waals surface area contributed by atoms with E-state index in [1.807, 2.05) is 0 Å². The van der Waals surface area contributed by atoms with E-state index < -0.39 is 24.0 Å². The van der Waals surface area contributed by atoms with Crippen LogP contribution in [0.1, 0.15) is 18.1 Å². The number of esters is 1. The maximum absolute atomic E-state index is 11.3. The van der Waals surface area contributed by atoms with Gasteiger partial charge in [-0.25, -0.2) is 0 Å². The standard InChI is InChI=1S/C13H16O6/c1-18-9-5-3-4-8(6-9)11(14)7-10(12(15)16)13(17)19-2/h3-6,10-11,14H,7H2,1-2H3,(H,15,16). The minimum atomic E-state index is -1.40. The number of methoxy groups -OCH3 is 2. The molecule has 1 aromatic rings. The minimum Gasteiger partial charge on any atom is -0.497 e. The first kappa shape index (κ1) is 15.0. The third kappa shape index (κ3) is 3.96. The van der Waals surface area contributed by atoms with E-state index >= 15 is 0 Å². The van der Waals surface area contributed by atoms with Crippen LogP contribution in [0.3, 0.4) is 0 Å². The SMILES string of the molecule is COC(=O)C(CC(O)c1cccc(OC)c1)C(=O)O. The topological polar surface area (TPSA) is 93.1 Å². The van der Waals surface area contributed by atoms with Crippen molar-refractivity contribution in [2.75, 3.05) is 14.2 Å². The van der Waals surface area contributed by atoms with Gasteiger partial charge >= 0.3 is 11.9 Å². The molecule has 0 amide bonds. The molecule has 0 spiro atoms. The summed E-state index contributed by atoms with van der Waals surface area (Å²) in [6, 6.07) is 6.58. The Morgan fingerprint density at radius 3 is 2.53 bits per heavy atom. The van der Waals surface area contributed by atoms with Crippen molar-refractivity contribution >= 4 is 11.9 Å². The lowest BCUT2D eigenvalue weighted by molar-refractivity contribution is -0.158. The molecule has 0 aliphatic heterocycles. The summed E-state index contributed by atoms with van der Waals surface area (Å²) in [5.41, 5.74) is 0.481. The van der Waals surface area contributed by atoms with Crippen LogP contribution in [0.5, 0.6) is 5.75 Å². The highest BCUT2D eigenvalue weighted by Crippen LogP contribution is 2.25. The predicted molar refractivity (Wildman–Crippen MR) is 65.7 cm³/mol. The van der Waals surface area contributed by atoms with E-state index in [0.29, 0.717) is 11.3 Å². The fourth-order valence-electron chi connectivity index (χ4n) is 1.65. The number of hydrogen-bond donors (Lipinski definition) is 2. The summed E-state index contributed by atoms with van der Waals surface area (Å²) < 4.78 is 9.41. The average Bonchev–Trinajstić information content (AvgIpc) is 2.43. The van der Waals surface area contributed by atoms with E-state index in [-0.39, 0.29) is 6.42 Å². The van der Waals surface area contributed by atoms with Gasteiger partial charge in [0.05, 0.1) is 20.3 Å². The van der Waals surface area contributed by atoms with Crippen molar-refractivity contribution in [3.8, 4) is 5.75 Å². The molecule has 19 heavy (non-hydrogen) atoms. The van der Waals surface area contributed by atoms with Gasteiger partial charge in [-0.2, -0.15) is 0 Å². The normalized spacial score (nSPS) is 13.4. The van der Waals surface area contributed by atoms with Gasteiger partial charge in [0.1, 0.15) is 5.75 Å². The Bertz CT molecular complexity index is 456. The zero-order valence-electron chi connectivity index (χ0n) is 10.7. The molecule has 0 bridgehead atoms. The molecule has 104 valence electrons. The van der Waals surface area contributed by atoms with Crippen molar-refractivity contribution < 1.29 is 29.3 Å². The number of benzene rings is 1. The van der Waals surface area contributed by atoms with E-state index in [9.17, 15) is 14.7 Å². The van der Waals surface area contributed by atoms with Crippen molar-refractivity contribution in [1.29, 1.82) is 0 Å². The average molecular weight is 268 g/mol. The summed E-state index contributed by atoms with van der Waals surface area (Å²) in [6.45, 7) is 0. The van der Waals surface area contributed by atoms with Gasteiger partial charge in [-0.15, -0.1) is 0 Å². The lowest BCUT2D eigenvalue weighted by Crippen LogP contribution is -2.27. The van der Waals surface area contributed by atoms with Gasteiger partial charge in [0.15, 0.2) is 5.92 Å². The summed E-state index contributed by atoms with van der Waals surface area (Å²) in [5.74, 6) is -3.06. The molecule has 0 heterocycles. The number of aliphatic hydroxyl groups is 1. The van der Waals surface area contributed by atoms with Gasteiger partial charge < -0.3 is 19.7 Å². The van der Waals surface area contributed by atoms with Crippen LogP contribution >= 0.6 is 0 Å². The molecule has 2 N–H and O–H groups in total. The van der Waals surface area contributed by atoms with Crippen LogP contribution in [0.25, 0.3) is 0 Å². The molecule has 6 heteroatoms. The number of carboxylic acids is 1. The molecule has 1 aromatic carbocycles. The monoisotopic (exact) mass is 268 g/mol. The summed E-state index contributed by atoms with van der Waals surface area (Å²) in [4.78, 5) is 22.3. The van der Waals surface area contributed by atoms with Gasteiger partial charge in [-0.1, -0.05) is 12.1 Å². The quantitative estimate of drug-likeness (QED) is 0.590. The maximum atomic E-state index is 11.3. The fraction of sp³-hybridized carbons (Fsp3) is 0.385. The first-order chi connectivity index (χ1) is 8.99. The second-order valence-electron chi connectivity index (χ2n) is 3.94. The van der Waals surface area contributed by atoms with Crippen molar-refractivity contribution in [3.05, 3.63) is 29.8 Å². The number of carbonyl (C=O) groups is 2. The Balaban J connectivity index is 2.84. The third-order valence-corrected chi connectivity index (χ3v) is 2.72. The largest absolute Gasteiger partial charge is 0.497 e. The second-order valence-corrected chi connectivity index (χ2v) is 3.94. The summed E-state index contributed by atoms with van der Waals surface area (Å²) in [5, 5.41) is 18.9. The number of carbonyl (C=O) groups excluding carboxylic acids is 1. The Hall–Kier alpha value is -2.08. The highest BCUT2D eigenvalue weighted by atomic mass is 16.5. The molecular formula is C13H16O6. The molecule has 6 nitrogen and oxygen atoms in total. The Labute approximate surface area is 110 Å². The predicted octanol–water partition coefficient (Wildman–Crippen LogP) is 0.992. The van der Waals surface area contributed by atoms with Gasteiger partial charge in [0.25, 0.3) is 0 Å². The molecule has 2 atom stereocenters. The number of carboxylic acid groups (broad SMARTS) is 1. The van der Waals surface area contributed by atoms with E-state index in [1.165, 1.54) is 7.11 Å². The fourth-order valence-corrected chi connectivity index (χ4v) is 1.65. The lowest BCUT2D eigenvalue weighted by atomic mass is 9.97. The number of aliphatic carboxylic acids is 1. The minimum absolute atomic E-state index is 0.255. The summed E-state index contributed by atoms with van der Waals surface area (Å²) >= 11 is 0. The van der Waals surface area contributed by atoms with Crippen molar-refractivity contribution in [2.24, 2.45) is 5.92 Å². The smallest absolute Gasteiger partial charge is 0.320 e. The molecular weight excluding hydrogens is 252 g/mol. The molecule has 0 saturated carbocycles. The van der Waals surface area contributed by atoms with Crippen LogP contribution in [0.2, 0.25) is 0 Å². The maximum Gasteiger partial charge on any atom is 0.320 e. The summed E-state index contributed by atoms with van der Waals surface area (Å²) in [6.07, 6.45) is -1.34. The molecule has 0 aromatic heterocycles. The van der Waals surface area contributed by atoms with Crippen LogP contribution < -0.4 is 4.74 Å². The van der Waals surface area contributed by atoms with Crippen molar-refractivity contribution in [2.45, 2.75) is 12.5 Å². The highest BCUT2D eigenvalue weighted by Gasteiger charge is 2.30. The second kappa shape index (κ2) is 6.75.